The molecule has 0 bridgehead atoms. The molecular formula is C24H27O3P. The van der Waals surface area contributed by atoms with Gasteiger partial charge in [-0.1, -0.05) is 66.2 Å². The third-order valence-corrected chi connectivity index (χ3v) is 6.64. The molecule has 3 aromatic carbocycles. The molecular weight excluding hydrogens is 367 g/mol. The van der Waals surface area contributed by atoms with E-state index in [2.05, 4.69) is 45.0 Å². The van der Waals surface area contributed by atoms with Crippen molar-refractivity contribution in [3.8, 4) is 0 Å². The SMILES string of the molecule is CCOP(=O)(O)c1ccccc1C(c1ccccc1)c1c(C)cc(C)cc1C. The first-order valence-electron chi connectivity index (χ1n) is 9.54. The fraction of sp³-hybridized carbons (Fsp3) is 0.250. The quantitative estimate of drug-likeness (QED) is 0.435. The molecule has 4 heteroatoms. The Kier molecular flexibility index (Phi) is 6.20. The van der Waals surface area contributed by atoms with Gasteiger partial charge in [0, 0.05) is 5.92 Å². The van der Waals surface area contributed by atoms with Crippen LogP contribution in [0.1, 0.15) is 46.2 Å². The smallest absolute Gasteiger partial charge is 0.321 e. The van der Waals surface area contributed by atoms with Crippen molar-refractivity contribution in [3.63, 3.8) is 0 Å². The summed E-state index contributed by atoms with van der Waals surface area (Å²) in [6, 6.07) is 21.8. The van der Waals surface area contributed by atoms with E-state index in [1.807, 2.05) is 30.3 Å². The lowest BCUT2D eigenvalue weighted by atomic mass is 9.80. The number of hydrogen-bond donors (Lipinski definition) is 1. The lowest BCUT2D eigenvalue weighted by molar-refractivity contribution is 0.284. The molecule has 0 amide bonds. The first-order chi connectivity index (χ1) is 13.3. The second kappa shape index (κ2) is 8.45. The molecule has 0 aromatic heterocycles. The van der Waals surface area contributed by atoms with Gasteiger partial charge in [-0.2, -0.15) is 0 Å². The molecule has 3 aromatic rings. The van der Waals surface area contributed by atoms with Crippen LogP contribution in [0.5, 0.6) is 0 Å². The van der Waals surface area contributed by atoms with Gasteiger partial charge in [-0.15, -0.1) is 0 Å². The summed E-state index contributed by atoms with van der Waals surface area (Å²) in [6.07, 6.45) is 0. The van der Waals surface area contributed by atoms with Gasteiger partial charge in [0.2, 0.25) is 0 Å². The molecule has 0 saturated heterocycles. The van der Waals surface area contributed by atoms with Crippen molar-refractivity contribution in [1.29, 1.82) is 0 Å². The molecule has 0 fully saturated rings. The summed E-state index contributed by atoms with van der Waals surface area (Å²) in [5.74, 6) is -0.154. The van der Waals surface area contributed by atoms with Crippen LogP contribution in [0.3, 0.4) is 0 Å². The highest BCUT2D eigenvalue weighted by molar-refractivity contribution is 7.61. The van der Waals surface area contributed by atoms with Crippen molar-refractivity contribution in [1.82, 2.24) is 0 Å². The molecule has 2 atom stereocenters. The van der Waals surface area contributed by atoms with Gasteiger partial charge < -0.3 is 9.42 Å². The van der Waals surface area contributed by atoms with Crippen molar-refractivity contribution in [2.45, 2.75) is 33.6 Å². The van der Waals surface area contributed by atoms with Crippen molar-refractivity contribution in [2.75, 3.05) is 6.61 Å². The Labute approximate surface area is 167 Å². The number of benzene rings is 3. The zero-order valence-electron chi connectivity index (χ0n) is 16.8. The first-order valence-corrected chi connectivity index (χ1v) is 11.1. The zero-order valence-corrected chi connectivity index (χ0v) is 17.7. The van der Waals surface area contributed by atoms with E-state index in [0.717, 1.165) is 11.1 Å². The van der Waals surface area contributed by atoms with Crippen LogP contribution in [0.25, 0.3) is 0 Å². The molecule has 146 valence electrons. The summed E-state index contributed by atoms with van der Waals surface area (Å²) >= 11 is 0. The molecule has 3 nitrogen and oxygen atoms in total. The average molecular weight is 394 g/mol. The maximum Gasteiger partial charge on any atom is 0.359 e. The van der Waals surface area contributed by atoms with Gasteiger partial charge >= 0.3 is 7.60 Å². The minimum atomic E-state index is -3.92. The van der Waals surface area contributed by atoms with Crippen LogP contribution in [0.15, 0.2) is 66.7 Å². The van der Waals surface area contributed by atoms with Crippen LogP contribution in [0.2, 0.25) is 0 Å². The van der Waals surface area contributed by atoms with Crippen molar-refractivity contribution >= 4 is 12.9 Å². The summed E-state index contributed by atoms with van der Waals surface area (Å²) in [4.78, 5) is 10.6. The molecule has 0 radical (unpaired) electrons. The second-order valence-corrected chi connectivity index (χ2v) is 8.93. The second-order valence-electron chi connectivity index (χ2n) is 7.15. The van der Waals surface area contributed by atoms with Gasteiger partial charge in [0.1, 0.15) is 0 Å². The fourth-order valence-electron chi connectivity index (χ4n) is 4.03. The maximum absolute atomic E-state index is 13.0. The lowest BCUT2D eigenvalue weighted by Crippen LogP contribution is -2.19. The molecule has 2 unspecified atom stereocenters. The average Bonchev–Trinajstić information content (AvgIpc) is 2.65. The van der Waals surface area contributed by atoms with Gasteiger partial charge in [0.15, 0.2) is 0 Å². The summed E-state index contributed by atoms with van der Waals surface area (Å²) in [5.41, 5.74) is 6.61. The molecule has 0 saturated carbocycles. The Balaban J connectivity index is 2.32. The molecule has 0 aliphatic rings. The fourth-order valence-corrected chi connectivity index (χ4v) is 5.32. The predicted molar refractivity (Wildman–Crippen MR) is 116 cm³/mol. The molecule has 28 heavy (non-hydrogen) atoms. The van der Waals surface area contributed by atoms with Crippen molar-refractivity contribution < 1.29 is 14.0 Å². The highest BCUT2D eigenvalue weighted by Crippen LogP contribution is 2.45. The highest BCUT2D eigenvalue weighted by atomic mass is 31.2. The Bertz CT molecular complexity index is 988. The summed E-state index contributed by atoms with van der Waals surface area (Å²) in [6.45, 7) is 8.21. The Hall–Kier alpha value is -2.19. The first kappa shape index (κ1) is 20.5. The van der Waals surface area contributed by atoms with Crippen molar-refractivity contribution in [3.05, 3.63) is 100 Å². The lowest BCUT2D eigenvalue weighted by Gasteiger charge is -2.26. The van der Waals surface area contributed by atoms with Gasteiger partial charge in [0.05, 0.1) is 11.9 Å². The molecule has 1 N–H and O–H groups in total. The standard InChI is InChI=1S/C24H27O3P/c1-5-27-28(25,26)22-14-10-9-13-21(22)24(20-11-7-6-8-12-20)23-18(3)15-17(2)16-19(23)4/h6-16,24H,5H2,1-4H3,(H,25,26). The number of hydrogen-bond acceptors (Lipinski definition) is 2. The summed E-state index contributed by atoms with van der Waals surface area (Å²) < 4.78 is 18.2. The Morgan fingerprint density at radius 3 is 2.11 bits per heavy atom. The van der Waals surface area contributed by atoms with E-state index >= 15 is 0 Å². The molecule has 0 heterocycles. The van der Waals surface area contributed by atoms with Gasteiger partial charge in [0.25, 0.3) is 0 Å². The Morgan fingerprint density at radius 1 is 0.929 bits per heavy atom. The third-order valence-electron chi connectivity index (χ3n) is 5.02. The minimum Gasteiger partial charge on any atom is -0.321 e. The van der Waals surface area contributed by atoms with E-state index in [9.17, 15) is 9.46 Å². The summed E-state index contributed by atoms with van der Waals surface area (Å²) in [5, 5.41) is 0.366. The topological polar surface area (TPSA) is 46.5 Å². The van der Waals surface area contributed by atoms with Crippen molar-refractivity contribution in [2.24, 2.45) is 0 Å². The normalized spacial score (nSPS) is 14.5. The van der Waals surface area contributed by atoms with Crippen LogP contribution < -0.4 is 5.30 Å². The van der Waals surface area contributed by atoms with E-state index < -0.39 is 7.60 Å². The zero-order chi connectivity index (χ0) is 20.3. The monoisotopic (exact) mass is 394 g/mol. The maximum atomic E-state index is 13.0. The van der Waals surface area contributed by atoms with Gasteiger partial charge in [-0.05, 0) is 61.6 Å². The molecule has 3 rings (SSSR count). The van der Waals surface area contributed by atoms with E-state index in [-0.39, 0.29) is 12.5 Å². The van der Waals surface area contributed by atoms with E-state index in [1.165, 1.54) is 22.3 Å². The summed E-state index contributed by atoms with van der Waals surface area (Å²) in [7, 11) is -3.92. The molecule has 0 aliphatic heterocycles. The van der Waals surface area contributed by atoms with E-state index in [0.29, 0.717) is 5.30 Å². The third kappa shape index (κ3) is 4.12. The largest absolute Gasteiger partial charge is 0.359 e. The van der Waals surface area contributed by atoms with Gasteiger partial charge in [-0.3, -0.25) is 4.57 Å². The predicted octanol–water partition coefficient (Wildman–Crippen LogP) is 5.64. The van der Waals surface area contributed by atoms with Gasteiger partial charge in [-0.25, -0.2) is 0 Å². The van der Waals surface area contributed by atoms with E-state index in [1.54, 1.807) is 19.1 Å². The number of rotatable bonds is 6. The highest BCUT2D eigenvalue weighted by Gasteiger charge is 2.31. The molecule has 0 spiro atoms. The molecule has 0 aliphatic carbocycles. The number of aryl methyl sites for hydroxylation is 3. The Morgan fingerprint density at radius 2 is 1.50 bits per heavy atom. The van der Waals surface area contributed by atoms with Crippen LogP contribution in [-0.2, 0) is 9.09 Å². The van der Waals surface area contributed by atoms with Crippen LogP contribution in [-0.4, -0.2) is 11.5 Å². The van der Waals surface area contributed by atoms with E-state index in [4.69, 9.17) is 4.52 Å². The van der Waals surface area contributed by atoms with Crippen LogP contribution in [0, 0.1) is 20.8 Å². The van der Waals surface area contributed by atoms with Crippen LogP contribution in [0.4, 0.5) is 0 Å². The minimum absolute atomic E-state index is 0.154. The van der Waals surface area contributed by atoms with Crippen LogP contribution >= 0.6 is 7.60 Å².